The molecule has 0 aliphatic rings. The van der Waals surface area contributed by atoms with Crippen LogP contribution >= 0.6 is 11.6 Å². The third-order valence-corrected chi connectivity index (χ3v) is 3.48. The molecule has 1 aromatic carbocycles. The highest BCUT2D eigenvalue weighted by Gasteiger charge is 2.02. The third-order valence-electron chi connectivity index (χ3n) is 3.24. The summed E-state index contributed by atoms with van der Waals surface area (Å²) in [6.45, 7) is 3.85. The van der Waals surface area contributed by atoms with Crippen LogP contribution in [-0.4, -0.2) is 14.1 Å². The van der Waals surface area contributed by atoms with E-state index in [0.29, 0.717) is 0 Å². The molecule has 3 nitrogen and oxygen atoms in total. The van der Waals surface area contributed by atoms with Gasteiger partial charge in [-0.05, 0) is 30.5 Å². The average molecular weight is 260 g/mol. The molecule has 18 heavy (non-hydrogen) atoms. The minimum absolute atomic E-state index is 0.779. The van der Waals surface area contributed by atoms with Gasteiger partial charge in [-0.25, -0.2) is 4.98 Å². The Morgan fingerprint density at radius 2 is 1.94 bits per heavy atom. The Labute approximate surface area is 111 Å². The summed E-state index contributed by atoms with van der Waals surface area (Å²) < 4.78 is 4.37. The van der Waals surface area contributed by atoms with Gasteiger partial charge in [0.05, 0.1) is 0 Å². The lowest BCUT2D eigenvalue weighted by molar-refractivity contribution is 0.580. The molecule has 0 aliphatic heterocycles. The molecule has 0 fully saturated rings. The van der Waals surface area contributed by atoms with E-state index in [4.69, 9.17) is 11.6 Å². The van der Waals surface area contributed by atoms with E-state index in [1.54, 1.807) is 0 Å². The molecular weight excluding hydrogens is 246 g/mol. The summed E-state index contributed by atoms with van der Waals surface area (Å²) in [5.41, 5.74) is 1.18. The maximum Gasteiger partial charge on any atom is 0.105 e. The number of rotatable bonds is 3. The number of fused-ring (bicyclic) bond motifs is 1. The quantitative estimate of drug-likeness (QED) is 0.706. The minimum Gasteiger partial charge on any atom is -0.346 e. The first kappa shape index (κ1) is 11.4. The maximum absolute atomic E-state index is 6.04. The first-order valence-corrected chi connectivity index (χ1v) is 6.34. The van der Waals surface area contributed by atoms with E-state index in [2.05, 4.69) is 32.4 Å². The number of aryl methyl sites for hydroxylation is 3. The molecule has 0 radical (unpaired) electrons. The van der Waals surface area contributed by atoms with E-state index in [0.717, 1.165) is 23.9 Å². The van der Waals surface area contributed by atoms with Crippen LogP contribution in [0.15, 0.2) is 42.9 Å². The number of hydrogen-bond donors (Lipinski definition) is 0. The van der Waals surface area contributed by atoms with Crippen molar-refractivity contribution in [2.75, 3.05) is 0 Å². The summed E-state index contributed by atoms with van der Waals surface area (Å²) in [6.07, 6.45) is 5.95. The normalized spacial score (nSPS) is 11.2. The second-order valence-electron chi connectivity index (χ2n) is 4.38. The van der Waals surface area contributed by atoms with Gasteiger partial charge in [-0.1, -0.05) is 17.7 Å². The van der Waals surface area contributed by atoms with E-state index in [1.165, 1.54) is 10.9 Å². The topological polar surface area (TPSA) is 22.8 Å². The lowest BCUT2D eigenvalue weighted by Crippen LogP contribution is -2.07. The molecule has 0 saturated carbocycles. The van der Waals surface area contributed by atoms with Crippen LogP contribution in [-0.2, 0) is 13.1 Å². The number of halogens is 1. The highest BCUT2D eigenvalue weighted by Crippen LogP contribution is 2.20. The number of benzene rings is 1. The zero-order chi connectivity index (χ0) is 12.5. The van der Waals surface area contributed by atoms with Crippen molar-refractivity contribution in [1.29, 1.82) is 0 Å². The standard InChI is InChI=1S/C14H14ClN3/c1-11-16-5-7-17(11)8-9-18-6-4-12-2-3-13(15)10-14(12)18/h2-7,10H,8-9H2,1H3. The minimum atomic E-state index is 0.779. The Hall–Kier alpha value is -1.74. The van der Waals surface area contributed by atoms with Crippen molar-refractivity contribution in [1.82, 2.24) is 14.1 Å². The summed E-state index contributed by atoms with van der Waals surface area (Å²) in [5.74, 6) is 1.05. The molecule has 2 aromatic heterocycles. The molecule has 0 bridgehead atoms. The van der Waals surface area contributed by atoms with Gasteiger partial charge >= 0.3 is 0 Å². The molecule has 0 unspecified atom stereocenters. The Balaban J connectivity index is 1.87. The predicted octanol–water partition coefficient (Wildman–Crippen LogP) is 3.50. The van der Waals surface area contributed by atoms with Crippen molar-refractivity contribution in [3.05, 3.63) is 53.7 Å². The largest absolute Gasteiger partial charge is 0.346 e. The van der Waals surface area contributed by atoms with Gasteiger partial charge in [0.2, 0.25) is 0 Å². The fourth-order valence-electron chi connectivity index (χ4n) is 2.21. The molecule has 0 saturated heterocycles. The van der Waals surface area contributed by atoms with E-state index >= 15 is 0 Å². The van der Waals surface area contributed by atoms with Gasteiger partial charge < -0.3 is 9.13 Å². The van der Waals surface area contributed by atoms with Crippen molar-refractivity contribution in [2.24, 2.45) is 0 Å². The predicted molar refractivity (Wildman–Crippen MR) is 73.9 cm³/mol. The summed E-state index contributed by atoms with van der Waals surface area (Å²) in [4.78, 5) is 4.23. The average Bonchev–Trinajstić information content (AvgIpc) is 2.93. The lowest BCUT2D eigenvalue weighted by Gasteiger charge is -2.08. The van der Waals surface area contributed by atoms with Crippen LogP contribution < -0.4 is 0 Å². The zero-order valence-electron chi connectivity index (χ0n) is 10.2. The van der Waals surface area contributed by atoms with Crippen molar-refractivity contribution < 1.29 is 0 Å². The van der Waals surface area contributed by atoms with Crippen LogP contribution in [0.2, 0.25) is 5.02 Å². The summed E-state index contributed by atoms with van der Waals surface area (Å²) in [6, 6.07) is 8.11. The lowest BCUT2D eigenvalue weighted by atomic mass is 10.2. The maximum atomic E-state index is 6.04. The fourth-order valence-corrected chi connectivity index (χ4v) is 2.37. The van der Waals surface area contributed by atoms with E-state index in [-0.39, 0.29) is 0 Å². The molecule has 0 aliphatic carbocycles. The Morgan fingerprint density at radius 3 is 2.72 bits per heavy atom. The van der Waals surface area contributed by atoms with Gasteiger partial charge in [0.15, 0.2) is 0 Å². The van der Waals surface area contributed by atoms with Gasteiger partial charge in [-0.3, -0.25) is 0 Å². The van der Waals surface area contributed by atoms with E-state index in [1.807, 2.05) is 31.5 Å². The van der Waals surface area contributed by atoms with Crippen LogP contribution in [0, 0.1) is 6.92 Å². The van der Waals surface area contributed by atoms with Crippen molar-refractivity contribution >= 4 is 22.5 Å². The Bertz CT molecular complexity index is 681. The first-order chi connectivity index (χ1) is 8.74. The molecular formula is C14H14ClN3. The van der Waals surface area contributed by atoms with Crippen LogP contribution in [0.3, 0.4) is 0 Å². The van der Waals surface area contributed by atoms with Crippen molar-refractivity contribution in [2.45, 2.75) is 20.0 Å². The second-order valence-corrected chi connectivity index (χ2v) is 4.82. The highest BCUT2D eigenvalue weighted by atomic mass is 35.5. The van der Waals surface area contributed by atoms with Gasteiger partial charge in [-0.15, -0.1) is 0 Å². The molecule has 0 amide bonds. The van der Waals surface area contributed by atoms with Gasteiger partial charge in [-0.2, -0.15) is 0 Å². The van der Waals surface area contributed by atoms with Crippen molar-refractivity contribution in [3.63, 3.8) is 0 Å². The number of hydrogen-bond acceptors (Lipinski definition) is 1. The Morgan fingerprint density at radius 1 is 1.11 bits per heavy atom. The van der Waals surface area contributed by atoms with Crippen molar-refractivity contribution in [3.8, 4) is 0 Å². The van der Waals surface area contributed by atoms with Gasteiger partial charge in [0, 0.05) is 42.2 Å². The SMILES string of the molecule is Cc1nccn1CCn1ccc2ccc(Cl)cc21. The highest BCUT2D eigenvalue weighted by molar-refractivity contribution is 6.31. The molecule has 3 rings (SSSR count). The first-order valence-electron chi connectivity index (χ1n) is 5.96. The molecule has 0 spiro atoms. The second kappa shape index (κ2) is 4.50. The smallest absolute Gasteiger partial charge is 0.105 e. The number of nitrogens with zero attached hydrogens (tertiary/aromatic N) is 3. The molecule has 2 heterocycles. The van der Waals surface area contributed by atoms with Crippen LogP contribution in [0.4, 0.5) is 0 Å². The zero-order valence-corrected chi connectivity index (χ0v) is 10.9. The number of imidazole rings is 1. The van der Waals surface area contributed by atoms with Crippen LogP contribution in [0.5, 0.6) is 0 Å². The molecule has 3 aromatic rings. The Kier molecular flexibility index (Phi) is 2.84. The summed E-state index contributed by atoms with van der Waals surface area (Å²) in [7, 11) is 0. The van der Waals surface area contributed by atoms with Gasteiger partial charge in [0.1, 0.15) is 5.82 Å². The number of aromatic nitrogens is 3. The molecule has 0 atom stereocenters. The fraction of sp³-hybridized carbons (Fsp3) is 0.214. The summed E-state index contributed by atoms with van der Waals surface area (Å²) >= 11 is 6.04. The van der Waals surface area contributed by atoms with E-state index < -0.39 is 0 Å². The summed E-state index contributed by atoms with van der Waals surface area (Å²) in [5, 5.41) is 2.00. The monoisotopic (exact) mass is 259 g/mol. The third kappa shape index (κ3) is 2.02. The van der Waals surface area contributed by atoms with Crippen LogP contribution in [0.1, 0.15) is 5.82 Å². The molecule has 92 valence electrons. The van der Waals surface area contributed by atoms with Gasteiger partial charge in [0.25, 0.3) is 0 Å². The van der Waals surface area contributed by atoms with Crippen LogP contribution in [0.25, 0.3) is 10.9 Å². The molecule has 4 heteroatoms. The van der Waals surface area contributed by atoms with E-state index in [9.17, 15) is 0 Å². The molecule has 0 N–H and O–H groups in total.